The monoisotopic (exact) mass is 250 g/mol. The molecule has 0 bridgehead atoms. The molecule has 2 rings (SSSR count). The maximum absolute atomic E-state index is 12.7. The molecule has 0 radical (unpaired) electrons. The number of rotatable bonds is 6. The van der Waals surface area contributed by atoms with E-state index in [1.54, 1.807) is 12.1 Å². The van der Waals surface area contributed by atoms with E-state index in [2.05, 4.69) is 17.6 Å². The van der Waals surface area contributed by atoms with E-state index < -0.39 is 0 Å². The number of hydrogen-bond donors (Lipinski definition) is 2. The van der Waals surface area contributed by atoms with Crippen LogP contribution in [0.15, 0.2) is 24.3 Å². The Hall–Kier alpha value is -1.42. The lowest BCUT2D eigenvalue weighted by molar-refractivity contribution is -0.115. The molecular weight excluding hydrogens is 231 g/mol. The molecule has 98 valence electrons. The Bertz CT molecular complexity index is 412. The topological polar surface area (TPSA) is 41.1 Å². The predicted molar refractivity (Wildman–Crippen MR) is 69.9 cm³/mol. The maximum atomic E-state index is 12.7. The van der Waals surface area contributed by atoms with E-state index in [9.17, 15) is 9.18 Å². The Labute approximate surface area is 107 Å². The van der Waals surface area contributed by atoms with Gasteiger partial charge in [-0.25, -0.2) is 4.39 Å². The summed E-state index contributed by atoms with van der Waals surface area (Å²) in [7, 11) is 0. The lowest BCUT2D eigenvalue weighted by Gasteiger charge is -2.13. The zero-order valence-electron chi connectivity index (χ0n) is 10.6. The minimum absolute atomic E-state index is 0.0893. The van der Waals surface area contributed by atoms with Crippen LogP contribution in [0.1, 0.15) is 26.2 Å². The Morgan fingerprint density at radius 2 is 2.00 bits per heavy atom. The SMILES string of the molecule is CCC1(CNCC(=O)Nc2ccc(F)cc2)CC1. The molecule has 0 aromatic heterocycles. The van der Waals surface area contributed by atoms with Crippen LogP contribution in [-0.2, 0) is 4.79 Å². The molecule has 4 heteroatoms. The minimum atomic E-state index is -0.301. The van der Waals surface area contributed by atoms with Gasteiger partial charge in [-0.15, -0.1) is 0 Å². The van der Waals surface area contributed by atoms with Crippen LogP contribution in [0.5, 0.6) is 0 Å². The molecular formula is C14H19FN2O. The van der Waals surface area contributed by atoms with Crippen LogP contribution in [-0.4, -0.2) is 19.0 Å². The second-order valence-electron chi connectivity index (χ2n) is 5.01. The summed E-state index contributed by atoms with van der Waals surface area (Å²) in [5.41, 5.74) is 1.07. The molecule has 3 nitrogen and oxygen atoms in total. The van der Waals surface area contributed by atoms with Gasteiger partial charge < -0.3 is 10.6 Å². The summed E-state index contributed by atoms with van der Waals surface area (Å²) in [6.45, 7) is 3.40. The first-order valence-corrected chi connectivity index (χ1v) is 6.40. The third-order valence-electron chi connectivity index (χ3n) is 3.62. The van der Waals surface area contributed by atoms with Crippen molar-refractivity contribution in [3.63, 3.8) is 0 Å². The molecule has 0 aliphatic heterocycles. The lowest BCUT2D eigenvalue weighted by atomic mass is 10.0. The molecule has 1 aliphatic rings. The molecule has 0 spiro atoms. The van der Waals surface area contributed by atoms with Gasteiger partial charge in [-0.3, -0.25) is 4.79 Å². The fourth-order valence-corrected chi connectivity index (χ4v) is 2.01. The van der Waals surface area contributed by atoms with Crippen LogP contribution >= 0.6 is 0 Å². The standard InChI is InChI=1S/C14H19FN2O/c1-2-14(7-8-14)10-16-9-13(18)17-12-5-3-11(15)4-6-12/h3-6,16H,2,7-10H2,1H3,(H,17,18). The zero-order chi connectivity index (χ0) is 13.0. The van der Waals surface area contributed by atoms with Crippen molar-refractivity contribution < 1.29 is 9.18 Å². The highest BCUT2D eigenvalue weighted by molar-refractivity contribution is 5.92. The summed E-state index contributed by atoms with van der Waals surface area (Å²) >= 11 is 0. The normalized spacial score (nSPS) is 16.3. The Morgan fingerprint density at radius 3 is 2.56 bits per heavy atom. The molecule has 1 aromatic rings. The first-order valence-electron chi connectivity index (χ1n) is 6.40. The summed E-state index contributed by atoms with van der Waals surface area (Å²) < 4.78 is 12.7. The fourth-order valence-electron chi connectivity index (χ4n) is 2.01. The van der Waals surface area contributed by atoms with Crippen molar-refractivity contribution in [3.8, 4) is 0 Å². The van der Waals surface area contributed by atoms with Crippen LogP contribution < -0.4 is 10.6 Å². The smallest absolute Gasteiger partial charge is 0.238 e. The predicted octanol–water partition coefficient (Wildman–Crippen LogP) is 2.54. The van der Waals surface area contributed by atoms with E-state index in [0.717, 1.165) is 6.54 Å². The number of carbonyl (C=O) groups is 1. The molecule has 1 aliphatic carbocycles. The van der Waals surface area contributed by atoms with Crippen LogP contribution in [0.4, 0.5) is 10.1 Å². The van der Waals surface area contributed by atoms with E-state index in [0.29, 0.717) is 17.6 Å². The highest BCUT2D eigenvalue weighted by atomic mass is 19.1. The molecule has 2 N–H and O–H groups in total. The van der Waals surface area contributed by atoms with E-state index in [1.165, 1.54) is 31.4 Å². The van der Waals surface area contributed by atoms with Crippen molar-refractivity contribution in [2.24, 2.45) is 5.41 Å². The van der Waals surface area contributed by atoms with Crippen LogP contribution in [0, 0.1) is 11.2 Å². The van der Waals surface area contributed by atoms with E-state index in [4.69, 9.17) is 0 Å². The summed E-state index contributed by atoms with van der Waals surface area (Å²) in [4.78, 5) is 11.6. The first-order chi connectivity index (χ1) is 8.63. The van der Waals surface area contributed by atoms with Crippen LogP contribution in [0.25, 0.3) is 0 Å². The van der Waals surface area contributed by atoms with Gasteiger partial charge in [-0.2, -0.15) is 0 Å². The van der Waals surface area contributed by atoms with Crippen molar-refractivity contribution in [3.05, 3.63) is 30.1 Å². The number of amides is 1. The molecule has 1 amide bonds. The minimum Gasteiger partial charge on any atom is -0.325 e. The Morgan fingerprint density at radius 1 is 1.33 bits per heavy atom. The number of benzene rings is 1. The summed E-state index contributed by atoms with van der Waals surface area (Å²) in [6, 6.07) is 5.78. The van der Waals surface area contributed by atoms with Crippen LogP contribution in [0.3, 0.4) is 0 Å². The molecule has 0 saturated heterocycles. The van der Waals surface area contributed by atoms with E-state index in [-0.39, 0.29) is 11.7 Å². The third-order valence-corrected chi connectivity index (χ3v) is 3.62. The van der Waals surface area contributed by atoms with Crippen molar-refractivity contribution >= 4 is 11.6 Å². The summed E-state index contributed by atoms with van der Waals surface area (Å²) in [5, 5.41) is 5.91. The second-order valence-corrected chi connectivity index (χ2v) is 5.01. The van der Waals surface area contributed by atoms with E-state index in [1.807, 2.05) is 0 Å². The van der Waals surface area contributed by atoms with Gasteiger partial charge in [0.05, 0.1) is 6.54 Å². The number of hydrogen-bond acceptors (Lipinski definition) is 2. The number of halogens is 1. The lowest BCUT2D eigenvalue weighted by Crippen LogP contribution is -2.32. The first kappa shape index (κ1) is 13.0. The average Bonchev–Trinajstić information content (AvgIpc) is 3.13. The van der Waals surface area contributed by atoms with Crippen LogP contribution in [0.2, 0.25) is 0 Å². The second kappa shape index (κ2) is 5.48. The largest absolute Gasteiger partial charge is 0.325 e. The number of anilines is 1. The zero-order valence-corrected chi connectivity index (χ0v) is 10.6. The molecule has 1 aromatic carbocycles. The van der Waals surface area contributed by atoms with Gasteiger partial charge in [-0.05, 0) is 48.9 Å². The van der Waals surface area contributed by atoms with Gasteiger partial charge in [-0.1, -0.05) is 6.92 Å². The molecule has 0 heterocycles. The summed E-state index contributed by atoms with van der Waals surface area (Å²) in [5.74, 6) is -0.391. The van der Waals surface area contributed by atoms with Gasteiger partial charge in [0.25, 0.3) is 0 Å². The molecule has 0 unspecified atom stereocenters. The van der Waals surface area contributed by atoms with Gasteiger partial charge >= 0.3 is 0 Å². The van der Waals surface area contributed by atoms with Gasteiger partial charge in [0.2, 0.25) is 5.91 Å². The maximum Gasteiger partial charge on any atom is 0.238 e. The van der Waals surface area contributed by atoms with Crippen molar-refractivity contribution in [1.29, 1.82) is 0 Å². The molecule has 1 fully saturated rings. The highest BCUT2D eigenvalue weighted by Crippen LogP contribution is 2.47. The van der Waals surface area contributed by atoms with Crippen molar-refractivity contribution in [2.45, 2.75) is 26.2 Å². The van der Waals surface area contributed by atoms with Gasteiger partial charge in [0, 0.05) is 12.2 Å². The van der Waals surface area contributed by atoms with E-state index >= 15 is 0 Å². The highest BCUT2D eigenvalue weighted by Gasteiger charge is 2.39. The fraction of sp³-hybridized carbons (Fsp3) is 0.500. The Kier molecular flexibility index (Phi) is 3.97. The number of nitrogens with one attached hydrogen (secondary N) is 2. The van der Waals surface area contributed by atoms with Crippen molar-refractivity contribution in [2.75, 3.05) is 18.4 Å². The molecule has 18 heavy (non-hydrogen) atoms. The number of carbonyl (C=O) groups excluding carboxylic acids is 1. The quantitative estimate of drug-likeness (QED) is 0.814. The van der Waals surface area contributed by atoms with Gasteiger partial charge in [0.1, 0.15) is 5.82 Å². The Balaban J connectivity index is 1.70. The van der Waals surface area contributed by atoms with Gasteiger partial charge in [0.15, 0.2) is 0 Å². The third kappa shape index (κ3) is 3.53. The average molecular weight is 250 g/mol. The molecule has 0 atom stereocenters. The molecule has 1 saturated carbocycles. The summed E-state index contributed by atoms with van der Waals surface area (Å²) in [6.07, 6.45) is 3.69. The van der Waals surface area contributed by atoms with Crippen molar-refractivity contribution in [1.82, 2.24) is 5.32 Å².